The Kier molecular flexibility index (Phi) is 6.26. The maximum atomic E-state index is 11.9. The zero-order valence-corrected chi connectivity index (χ0v) is 14.4. The molecule has 0 radical (unpaired) electrons. The summed E-state index contributed by atoms with van der Waals surface area (Å²) in [5.41, 5.74) is 1.95. The van der Waals surface area contributed by atoms with Crippen LogP contribution in [0.4, 0.5) is 5.69 Å². The van der Waals surface area contributed by atoms with E-state index in [9.17, 15) is 4.79 Å². The second-order valence-electron chi connectivity index (χ2n) is 4.66. The van der Waals surface area contributed by atoms with Gasteiger partial charge in [0.1, 0.15) is 0 Å². The number of thiophene rings is 1. The lowest BCUT2D eigenvalue weighted by atomic mass is 10.2. The first kappa shape index (κ1) is 16.0. The number of carbonyl (C=O) groups is 1. The molecule has 112 valence electrons. The van der Waals surface area contributed by atoms with Crippen LogP contribution in [0.25, 0.3) is 0 Å². The first-order chi connectivity index (χ1) is 10.2. The van der Waals surface area contributed by atoms with Gasteiger partial charge < -0.3 is 10.2 Å². The largest absolute Gasteiger partial charge is 0.372 e. The van der Waals surface area contributed by atoms with Gasteiger partial charge in [-0.25, -0.2) is 0 Å². The molecule has 1 aromatic heterocycles. The van der Waals surface area contributed by atoms with E-state index in [-0.39, 0.29) is 5.91 Å². The molecule has 0 aliphatic carbocycles. The highest BCUT2D eigenvalue weighted by atomic mass is 79.9. The first-order valence-corrected chi connectivity index (χ1v) is 8.70. The van der Waals surface area contributed by atoms with Gasteiger partial charge in [-0.1, -0.05) is 18.2 Å². The van der Waals surface area contributed by atoms with E-state index >= 15 is 0 Å². The van der Waals surface area contributed by atoms with Crippen LogP contribution >= 0.6 is 27.3 Å². The summed E-state index contributed by atoms with van der Waals surface area (Å²) in [6, 6.07) is 12.2. The minimum atomic E-state index is -0.000269. The van der Waals surface area contributed by atoms with Gasteiger partial charge in [0.15, 0.2) is 0 Å². The van der Waals surface area contributed by atoms with Crippen molar-refractivity contribution < 1.29 is 4.79 Å². The molecule has 1 N–H and O–H groups in total. The molecular weight excluding hydrogens is 348 g/mol. The van der Waals surface area contributed by atoms with Crippen LogP contribution in [0.1, 0.15) is 23.7 Å². The minimum absolute atomic E-state index is 0.000269. The van der Waals surface area contributed by atoms with E-state index in [0.717, 1.165) is 28.9 Å². The third-order valence-corrected chi connectivity index (χ3v) is 4.73. The Labute approximate surface area is 138 Å². The van der Waals surface area contributed by atoms with Crippen molar-refractivity contribution in [3.05, 3.63) is 51.1 Å². The molecular formula is C16H19BrN2OS. The van der Waals surface area contributed by atoms with E-state index in [2.05, 4.69) is 45.2 Å². The molecule has 2 aromatic rings. The molecule has 0 bridgehead atoms. The highest BCUT2D eigenvalue weighted by Crippen LogP contribution is 2.20. The van der Waals surface area contributed by atoms with Crippen LogP contribution in [0.3, 0.4) is 0 Å². The molecule has 0 fully saturated rings. The number of carbonyl (C=O) groups excluding carboxylic acids is 1. The third kappa shape index (κ3) is 4.86. The minimum Gasteiger partial charge on any atom is -0.372 e. The van der Waals surface area contributed by atoms with Crippen LogP contribution in [0.5, 0.6) is 0 Å². The average molecular weight is 367 g/mol. The lowest BCUT2D eigenvalue weighted by Crippen LogP contribution is -2.29. The van der Waals surface area contributed by atoms with Gasteiger partial charge in [0.25, 0.3) is 5.91 Å². The van der Waals surface area contributed by atoms with Gasteiger partial charge in [0, 0.05) is 30.7 Å². The second-order valence-corrected chi connectivity index (χ2v) is 6.95. The number of anilines is 1. The lowest BCUT2D eigenvalue weighted by Gasteiger charge is -2.23. The van der Waals surface area contributed by atoms with Gasteiger partial charge in [-0.2, -0.15) is 0 Å². The molecule has 3 nitrogen and oxygen atoms in total. The van der Waals surface area contributed by atoms with E-state index < -0.39 is 0 Å². The fraction of sp³-hybridized carbons (Fsp3) is 0.312. The van der Waals surface area contributed by atoms with E-state index in [1.807, 2.05) is 29.6 Å². The lowest BCUT2D eigenvalue weighted by molar-refractivity contribution is 0.0954. The van der Waals surface area contributed by atoms with Gasteiger partial charge >= 0.3 is 0 Å². The summed E-state index contributed by atoms with van der Waals surface area (Å²) < 4.78 is 0.980. The number of nitrogens with zero attached hydrogens (tertiary/aromatic N) is 1. The monoisotopic (exact) mass is 366 g/mol. The molecule has 0 aliphatic heterocycles. The number of rotatable bonds is 7. The van der Waals surface area contributed by atoms with Crippen molar-refractivity contribution in [2.45, 2.75) is 13.3 Å². The van der Waals surface area contributed by atoms with Gasteiger partial charge in [-0.3, -0.25) is 4.79 Å². The zero-order chi connectivity index (χ0) is 15.1. The fourth-order valence-corrected chi connectivity index (χ4v) is 3.25. The third-order valence-electron chi connectivity index (χ3n) is 3.22. The van der Waals surface area contributed by atoms with E-state index in [0.29, 0.717) is 6.54 Å². The van der Waals surface area contributed by atoms with Crippen LogP contribution in [0.2, 0.25) is 0 Å². The van der Waals surface area contributed by atoms with Crippen molar-refractivity contribution in [1.82, 2.24) is 5.32 Å². The highest BCUT2D eigenvalue weighted by molar-refractivity contribution is 9.11. The van der Waals surface area contributed by atoms with Crippen molar-refractivity contribution in [3.63, 3.8) is 0 Å². The molecule has 1 heterocycles. The summed E-state index contributed by atoms with van der Waals surface area (Å²) in [4.78, 5) is 14.2. The van der Waals surface area contributed by atoms with Crippen molar-refractivity contribution >= 4 is 38.9 Å². The Bertz CT molecular complexity index is 571. The SMILES string of the molecule is CCN(CCCNC(=O)c1csc(Br)c1)c1ccccc1. The molecule has 0 aliphatic rings. The average Bonchev–Trinajstić information content (AvgIpc) is 2.95. The number of nitrogens with one attached hydrogen (secondary N) is 1. The van der Waals surface area contributed by atoms with Crippen LogP contribution in [-0.4, -0.2) is 25.5 Å². The number of amides is 1. The van der Waals surface area contributed by atoms with Crippen molar-refractivity contribution in [2.24, 2.45) is 0 Å². The number of para-hydroxylation sites is 1. The standard InChI is InChI=1S/C16H19BrN2OS/c1-2-19(14-7-4-3-5-8-14)10-6-9-18-16(20)13-11-15(17)21-12-13/h3-5,7-8,11-12H,2,6,9-10H2,1H3,(H,18,20). The number of halogens is 1. The van der Waals surface area contributed by atoms with Crippen LogP contribution in [0, 0.1) is 0 Å². The summed E-state index contributed by atoms with van der Waals surface area (Å²) in [6.07, 6.45) is 0.930. The molecule has 2 rings (SSSR count). The quantitative estimate of drug-likeness (QED) is 0.746. The summed E-state index contributed by atoms with van der Waals surface area (Å²) in [5.74, 6) is -0.000269. The van der Waals surface area contributed by atoms with Crippen LogP contribution < -0.4 is 10.2 Å². The van der Waals surface area contributed by atoms with Crippen molar-refractivity contribution in [2.75, 3.05) is 24.5 Å². The molecule has 5 heteroatoms. The Morgan fingerprint density at radius 3 is 2.71 bits per heavy atom. The molecule has 0 unspecified atom stereocenters. The second kappa shape index (κ2) is 8.20. The van der Waals surface area contributed by atoms with Gasteiger partial charge in [0.2, 0.25) is 0 Å². The maximum absolute atomic E-state index is 11.9. The normalized spacial score (nSPS) is 10.4. The molecule has 0 atom stereocenters. The summed E-state index contributed by atoms with van der Waals surface area (Å²) in [5, 5.41) is 4.83. The highest BCUT2D eigenvalue weighted by Gasteiger charge is 2.08. The van der Waals surface area contributed by atoms with Gasteiger partial charge in [-0.05, 0) is 47.5 Å². The Morgan fingerprint density at radius 2 is 2.10 bits per heavy atom. The fourth-order valence-electron chi connectivity index (χ4n) is 2.11. The zero-order valence-electron chi connectivity index (χ0n) is 12.0. The van der Waals surface area contributed by atoms with Crippen LogP contribution in [0.15, 0.2) is 45.6 Å². The molecule has 0 spiro atoms. The van der Waals surface area contributed by atoms with Crippen LogP contribution in [-0.2, 0) is 0 Å². The van der Waals surface area contributed by atoms with Gasteiger partial charge in [-0.15, -0.1) is 11.3 Å². The van der Waals surface area contributed by atoms with Crippen molar-refractivity contribution in [1.29, 1.82) is 0 Å². The molecule has 1 aromatic carbocycles. The van der Waals surface area contributed by atoms with E-state index in [4.69, 9.17) is 0 Å². The number of hydrogen-bond donors (Lipinski definition) is 1. The topological polar surface area (TPSA) is 32.3 Å². The van der Waals surface area contributed by atoms with E-state index in [1.165, 1.54) is 17.0 Å². The smallest absolute Gasteiger partial charge is 0.252 e. The molecule has 0 saturated heterocycles. The molecule has 21 heavy (non-hydrogen) atoms. The Morgan fingerprint density at radius 1 is 1.33 bits per heavy atom. The molecule has 0 saturated carbocycles. The number of hydrogen-bond acceptors (Lipinski definition) is 3. The van der Waals surface area contributed by atoms with Gasteiger partial charge in [0.05, 0.1) is 9.35 Å². The summed E-state index contributed by atoms with van der Waals surface area (Å²) >= 11 is 4.89. The molecule has 1 amide bonds. The Balaban J connectivity index is 1.75. The van der Waals surface area contributed by atoms with Crippen molar-refractivity contribution in [3.8, 4) is 0 Å². The predicted molar refractivity (Wildman–Crippen MR) is 93.3 cm³/mol. The Hall–Kier alpha value is -1.33. The summed E-state index contributed by atoms with van der Waals surface area (Å²) in [6.45, 7) is 4.74. The predicted octanol–water partition coefficient (Wildman–Crippen LogP) is 4.16. The van der Waals surface area contributed by atoms with E-state index in [1.54, 1.807) is 0 Å². The number of benzene rings is 1. The maximum Gasteiger partial charge on any atom is 0.252 e. The summed E-state index contributed by atoms with van der Waals surface area (Å²) in [7, 11) is 0. The first-order valence-electron chi connectivity index (χ1n) is 7.03.